The van der Waals surface area contributed by atoms with Crippen molar-refractivity contribution in [2.24, 2.45) is 0 Å². The van der Waals surface area contributed by atoms with E-state index in [4.69, 9.17) is 14.2 Å². The van der Waals surface area contributed by atoms with Crippen molar-refractivity contribution in [1.82, 2.24) is 0 Å². The molecular formula is C18H20O7. The van der Waals surface area contributed by atoms with Crippen molar-refractivity contribution >= 4 is 11.4 Å². The maximum Gasteiger partial charge on any atom is 0.229 e. The molecule has 1 fully saturated rings. The lowest BCUT2D eigenvalue weighted by molar-refractivity contribution is -0.265. The Kier molecular flexibility index (Phi) is 4.66. The summed E-state index contributed by atoms with van der Waals surface area (Å²) >= 11 is 0. The molecule has 0 bridgehead atoms. The van der Waals surface area contributed by atoms with Gasteiger partial charge in [0.2, 0.25) is 6.29 Å². The number of hydrogen-bond donors (Lipinski definition) is 3. The fourth-order valence-corrected chi connectivity index (χ4v) is 2.89. The smallest absolute Gasteiger partial charge is 0.229 e. The Bertz CT molecular complexity index is 739. The summed E-state index contributed by atoms with van der Waals surface area (Å²) in [6, 6.07) is 5.04. The van der Waals surface area contributed by atoms with Crippen LogP contribution < -0.4 is 9.47 Å². The molecule has 1 aromatic carbocycles. The van der Waals surface area contributed by atoms with Crippen LogP contribution in [0, 0.1) is 0 Å². The third-order valence-corrected chi connectivity index (χ3v) is 4.22. The number of ether oxygens (including phenoxy) is 3. The second-order valence-corrected chi connectivity index (χ2v) is 6.18. The molecule has 1 aromatic rings. The molecule has 0 spiro atoms. The monoisotopic (exact) mass is 348 g/mol. The summed E-state index contributed by atoms with van der Waals surface area (Å²) in [5, 5.41) is 29.8. The molecule has 2 aliphatic rings. The molecule has 3 rings (SSSR count). The summed E-state index contributed by atoms with van der Waals surface area (Å²) in [5.41, 5.74) is 1.86. The van der Waals surface area contributed by atoms with E-state index in [-0.39, 0.29) is 0 Å². The lowest BCUT2D eigenvalue weighted by atomic mass is 9.97. The number of rotatable bonds is 3. The highest BCUT2D eigenvalue weighted by Crippen LogP contribution is 2.36. The van der Waals surface area contributed by atoms with Crippen molar-refractivity contribution in [1.29, 1.82) is 0 Å². The zero-order valence-electron chi connectivity index (χ0n) is 13.9. The Morgan fingerprint density at radius 2 is 1.92 bits per heavy atom. The Hall–Kier alpha value is -2.19. The van der Waals surface area contributed by atoms with Crippen molar-refractivity contribution in [2.45, 2.75) is 44.6 Å². The van der Waals surface area contributed by atoms with Gasteiger partial charge < -0.3 is 29.5 Å². The molecule has 134 valence electrons. The number of Topliss-reactive ketones (excluding diaryl/α,β-unsaturated/α-hetero) is 1. The molecule has 7 heteroatoms. The molecule has 0 amide bonds. The van der Waals surface area contributed by atoms with E-state index >= 15 is 0 Å². The molecule has 0 aliphatic carbocycles. The molecule has 2 aliphatic heterocycles. The Balaban J connectivity index is 1.82. The van der Waals surface area contributed by atoms with Crippen LogP contribution in [0.15, 0.2) is 36.6 Å². The molecule has 1 saturated heterocycles. The van der Waals surface area contributed by atoms with Gasteiger partial charge in [-0.15, -0.1) is 0 Å². The highest BCUT2D eigenvalue weighted by molar-refractivity contribution is 5.81. The molecule has 3 N–H and O–H groups in total. The molecule has 2 heterocycles. The minimum Gasteiger partial charge on any atom is -0.462 e. The Morgan fingerprint density at radius 3 is 2.60 bits per heavy atom. The van der Waals surface area contributed by atoms with Gasteiger partial charge in [0, 0.05) is 11.6 Å². The van der Waals surface area contributed by atoms with E-state index in [1.54, 1.807) is 18.2 Å². The van der Waals surface area contributed by atoms with Crippen molar-refractivity contribution in [2.75, 3.05) is 0 Å². The van der Waals surface area contributed by atoms with Crippen molar-refractivity contribution in [3.8, 4) is 11.5 Å². The summed E-state index contributed by atoms with van der Waals surface area (Å²) < 4.78 is 16.5. The van der Waals surface area contributed by atoms with Crippen LogP contribution in [0.3, 0.4) is 0 Å². The fraction of sp³-hybridized carbons (Fsp3) is 0.389. The van der Waals surface area contributed by atoms with Crippen molar-refractivity contribution < 1.29 is 34.3 Å². The van der Waals surface area contributed by atoms with Gasteiger partial charge in [-0.2, -0.15) is 0 Å². The molecule has 5 atom stereocenters. The SMILES string of the molecule is C=C1C=C(C)c2ccc(OC3OC(C(C)=O)C(O)[C@@H](O)C3O)cc2O1. The predicted octanol–water partition coefficient (Wildman–Crippen LogP) is 0.771. The minimum absolute atomic E-state index is 0.316. The molecule has 0 radical (unpaired) electrons. The molecule has 0 saturated carbocycles. The third-order valence-electron chi connectivity index (χ3n) is 4.22. The van der Waals surface area contributed by atoms with E-state index in [9.17, 15) is 20.1 Å². The predicted molar refractivity (Wildman–Crippen MR) is 87.9 cm³/mol. The molecular weight excluding hydrogens is 328 g/mol. The number of fused-ring (bicyclic) bond motifs is 1. The largest absolute Gasteiger partial charge is 0.462 e. The zero-order valence-corrected chi connectivity index (χ0v) is 13.9. The highest BCUT2D eigenvalue weighted by Gasteiger charge is 2.46. The maximum absolute atomic E-state index is 11.6. The standard InChI is InChI=1S/C18H20O7/c1-8-6-9(2)23-13-7-11(4-5-12(8)13)24-18-16(22)14(20)15(21)17(25-18)10(3)19/h4-7,14-18,20-22H,2H2,1,3H3/t14-,15?,16?,17?,18?/m1/s1. The van der Waals surface area contributed by atoms with E-state index in [1.165, 1.54) is 6.92 Å². The summed E-state index contributed by atoms with van der Waals surface area (Å²) in [6.07, 6.45) is -5.37. The first-order chi connectivity index (χ1) is 11.8. The summed E-state index contributed by atoms with van der Waals surface area (Å²) in [4.78, 5) is 11.6. The van der Waals surface area contributed by atoms with Gasteiger partial charge in [0.25, 0.3) is 0 Å². The second-order valence-electron chi connectivity index (χ2n) is 6.18. The second kappa shape index (κ2) is 6.61. The molecule has 4 unspecified atom stereocenters. The number of aliphatic hydroxyl groups is 3. The number of carbonyl (C=O) groups is 1. The van der Waals surface area contributed by atoms with Crippen LogP contribution in [0.1, 0.15) is 19.4 Å². The number of hydrogen-bond acceptors (Lipinski definition) is 7. The highest BCUT2D eigenvalue weighted by atomic mass is 16.7. The average Bonchev–Trinajstić information content (AvgIpc) is 2.54. The van der Waals surface area contributed by atoms with Gasteiger partial charge in [-0.25, -0.2) is 0 Å². The minimum atomic E-state index is -1.56. The van der Waals surface area contributed by atoms with Crippen LogP contribution in [0.5, 0.6) is 11.5 Å². The van der Waals surface area contributed by atoms with Crippen molar-refractivity contribution in [3.63, 3.8) is 0 Å². The normalized spacial score (nSPS) is 31.6. The van der Waals surface area contributed by atoms with Crippen LogP contribution in [0.25, 0.3) is 5.57 Å². The van der Waals surface area contributed by atoms with E-state index in [1.807, 2.05) is 13.0 Å². The van der Waals surface area contributed by atoms with Crippen LogP contribution in [0.4, 0.5) is 0 Å². The first-order valence-electron chi connectivity index (χ1n) is 7.84. The first kappa shape index (κ1) is 17.6. The number of benzene rings is 1. The third kappa shape index (κ3) is 3.32. The summed E-state index contributed by atoms with van der Waals surface area (Å²) in [7, 11) is 0. The van der Waals surface area contributed by atoms with Gasteiger partial charge in [-0.3, -0.25) is 4.79 Å². The van der Waals surface area contributed by atoms with Gasteiger partial charge in [-0.1, -0.05) is 6.58 Å². The van der Waals surface area contributed by atoms with Gasteiger partial charge in [0.1, 0.15) is 41.7 Å². The van der Waals surface area contributed by atoms with Crippen LogP contribution in [0.2, 0.25) is 0 Å². The molecule has 25 heavy (non-hydrogen) atoms. The molecule has 0 aromatic heterocycles. The number of allylic oxidation sites excluding steroid dienone is 2. The Morgan fingerprint density at radius 1 is 1.20 bits per heavy atom. The summed E-state index contributed by atoms with van der Waals surface area (Å²) in [5.74, 6) is 0.872. The maximum atomic E-state index is 11.6. The first-order valence-corrected chi connectivity index (χ1v) is 7.84. The van der Waals surface area contributed by atoms with E-state index in [0.717, 1.165) is 11.1 Å². The van der Waals surface area contributed by atoms with E-state index < -0.39 is 36.5 Å². The number of carbonyl (C=O) groups excluding carboxylic acids is 1. The van der Waals surface area contributed by atoms with Crippen LogP contribution in [-0.2, 0) is 9.53 Å². The Labute approximate surface area is 144 Å². The van der Waals surface area contributed by atoms with Gasteiger partial charge >= 0.3 is 0 Å². The van der Waals surface area contributed by atoms with Gasteiger partial charge in [0.05, 0.1) is 0 Å². The van der Waals surface area contributed by atoms with Crippen LogP contribution >= 0.6 is 0 Å². The average molecular weight is 348 g/mol. The lowest BCUT2D eigenvalue weighted by Crippen LogP contribution is -2.60. The van der Waals surface area contributed by atoms with Crippen molar-refractivity contribution in [3.05, 3.63) is 42.2 Å². The number of ketones is 1. The lowest BCUT2D eigenvalue weighted by Gasteiger charge is -2.39. The van der Waals surface area contributed by atoms with E-state index in [2.05, 4.69) is 6.58 Å². The number of aliphatic hydroxyl groups excluding tert-OH is 3. The summed E-state index contributed by atoms with van der Waals surface area (Å²) in [6.45, 7) is 6.92. The van der Waals surface area contributed by atoms with Crippen LogP contribution in [-0.4, -0.2) is 51.8 Å². The van der Waals surface area contributed by atoms with E-state index in [0.29, 0.717) is 17.3 Å². The zero-order chi connectivity index (χ0) is 18.3. The molecule has 7 nitrogen and oxygen atoms in total. The quantitative estimate of drug-likeness (QED) is 0.741. The fourth-order valence-electron chi connectivity index (χ4n) is 2.89. The topological polar surface area (TPSA) is 105 Å². The van der Waals surface area contributed by atoms with Gasteiger partial charge in [0.15, 0.2) is 5.78 Å². The van der Waals surface area contributed by atoms with Gasteiger partial charge in [-0.05, 0) is 37.6 Å².